The molecule has 1 fully saturated rings. The molecule has 0 spiro atoms. The number of hydrogen-bond acceptors (Lipinski definition) is 2. The first kappa shape index (κ1) is 12.9. The molecule has 0 saturated heterocycles. The highest BCUT2D eigenvalue weighted by molar-refractivity contribution is 5.30. The molecule has 1 N–H and O–H groups in total. The highest BCUT2D eigenvalue weighted by Gasteiger charge is 2.34. The first-order valence-electron chi connectivity index (χ1n) is 6.87. The van der Waals surface area contributed by atoms with Crippen molar-refractivity contribution in [3.05, 3.63) is 53.5 Å². The van der Waals surface area contributed by atoms with Crippen LogP contribution in [-0.4, -0.2) is 4.98 Å². The second-order valence-electron chi connectivity index (χ2n) is 4.71. The van der Waals surface area contributed by atoms with Crippen LogP contribution in [0.1, 0.15) is 33.0 Å². The van der Waals surface area contributed by atoms with Crippen molar-refractivity contribution in [1.29, 1.82) is 0 Å². The Morgan fingerprint density at radius 1 is 1.33 bits per heavy atom. The number of pyridine rings is 1. The van der Waals surface area contributed by atoms with Gasteiger partial charge in [0.2, 0.25) is 0 Å². The first-order valence-corrected chi connectivity index (χ1v) is 6.87. The molecule has 2 heteroatoms. The normalized spacial score (nSPS) is 23.4. The number of hydrogen-bond donors (Lipinski definition) is 1. The molecule has 2 atom stereocenters. The maximum Gasteiger partial charge on any atom is 0.0415 e. The fraction of sp³-hybridized carbons (Fsp3) is 0.438. The van der Waals surface area contributed by atoms with Gasteiger partial charge in [0.05, 0.1) is 0 Å². The summed E-state index contributed by atoms with van der Waals surface area (Å²) in [6, 6.07) is 4.18. The summed E-state index contributed by atoms with van der Waals surface area (Å²) in [5.41, 5.74) is 3.57. The van der Waals surface area contributed by atoms with Crippen molar-refractivity contribution in [1.82, 2.24) is 10.3 Å². The van der Waals surface area contributed by atoms with Gasteiger partial charge in [-0.3, -0.25) is 4.98 Å². The van der Waals surface area contributed by atoms with Gasteiger partial charge in [0, 0.05) is 25.6 Å². The van der Waals surface area contributed by atoms with Crippen LogP contribution in [0.15, 0.2) is 42.3 Å². The third-order valence-corrected chi connectivity index (χ3v) is 3.28. The van der Waals surface area contributed by atoms with Gasteiger partial charge in [-0.2, -0.15) is 0 Å². The molecule has 0 bridgehead atoms. The average Bonchev–Trinajstić information content (AvgIpc) is 3.19. The largest absolute Gasteiger partial charge is 0.381 e. The summed E-state index contributed by atoms with van der Waals surface area (Å²) in [7, 11) is 0. The van der Waals surface area contributed by atoms with Gasteiger partial charge in [0.15, 0.2) is 0 Å². The van der Waals surface area contributed by atoms with Crippen LogP contribution in [0.3, 0.4) is 0 Å². The number of allylic oxidation sites excluding steroid dienone is 3. The van der Waals surface area contributed by atoms with Gasteiger partial charge >= 0.3 is 0 Å². The Morgan fingerprint density at radius 2 is 2.17 bits per heavy atom. The van der Waals surface area contributed by atoms with Gasteiger partial charge in [-0.25, -0.2) is 0 Å². The van der Waals surface area contributed by atoms with Crippen molar-refractivity contribution < 1.29 is 1.43 Å². The standard InChI is InChI=1S/C14H16N2.C2H6.H2/c1-10-2-3-11(8-15-10)9-16-14-5-4-12-6-13(12)7-14;1-2;/h2-5,7-8,12-13,16H,6,9H2,1H3;1-2H3;1H. The lowest BCUT2D eigenvalue weighted by Gasteiger charge is -2.09. The van der Waals surface area contributed by atoms with Crippen LogP contribution in [0.5, 0.6) is 0 Å². The van der Waals surface area contributed by atoms with E-state index in [1.54, 1.807) is 0 Å². The zero-order valence-electron chi connectivity index (χ0n) is 11.5. The predicted octanol–water partition coefficient (Wildman–Crippen LogP) is 3.84. The van der Waals surface area contributed by atoms with Crippen LogP contribution in [0, 0.1) is 18.8 Å². The van der Waals surface area contributed by atoms with E-state index in [0.717, 1.165) is 24.1 Å². The number of nitrogens with one attached hydrogen (secondary N) is 1. The number of aromatic nitrogens is 1. The second kappa shape index (κ2) is 5.85. The molecule has 2 aliphatic rings. The number of rotatable bonds is 3. The number of fused-ring (bicyclic) bond motifs is 1. The molecule has 2 aliphatic carbocycles. The second-order valence-corrected chi connectivity index (χ2v) is 4.71. The molecule has 1 heterocycles. The molecule has 0 aliphatic heterocycles. The Balaban J connectivity index is 0.000000576. The van der Waals surface area contributed by atoms with Crippen LogP contribution < -0.4 is 5.32 Å². The molecule has 2 unspecified atom stereocenters. The Hall–Kier alpha value is -1.57. The van der Waals surface area contributed by atoms with Gasteiger partial charge in [-0.05, 0) is 42.9 Å². The molecule has 0 radical (unpaired) electrons. The molecule has 2 nitrogen and oxygen atoms in total. The lowest BCUT2D eigenvalue weighted by atomic mass is 10.1. The fourth-order valence-electron chi connectivity index (χ4n) is 2.09. The predicted molar refractivity (Wildman–Crippen MR) is 78.1 cm³/mol. The average molecular weight is 244 g/mol. The van der Waals surface area contributed by atoms with E-state index in [1.165, 1.54) is 17.7 Å². The molecule has 18 heavy (non-hydrogen) atoms. The fourth-order valence-corrected chi connectivity index (χ4v) is 2.09. The van der Waals surface area contributed by atoms with Crippen molar-refractivity contribution >= 4 is 0 Å². The summed E-state index contributed by atoms with van der Waals surface area (Å²) in [6.45, 7) is 6.87. The SMILES string of the molecule is CC.Cc1ccc(CNC2=CC3CC3C=C2)cn1.[HH]. The topological polar surface area (TPSA) is 24.9 Å². The van der Waals surface area contributed by atoms with Gasteiger partial charge in [-0.15, -0.1) is 0 Å². The zero-order valence-corrected chi connectivity index (χ0v) is 11.5. The minimum atomic E-state index is 0. The molecular weight excluding hydrogens is 220 g/mol. The third kappa shape index (κ3) is 3.22. The van der Waals surface area contributed by atoms with E-state index in [-0.39, 0.29) is 1.43 Å². The summed E-state index contributed by atoms with van der Waals surface area (Å²) in [5.74, 6) is 1.65. The van der Waals surface area contributed by atoms with Gasteiger partial charge in [0.25, 0.3) is 0 Å². The smallest absolute Gasteiger partial charge is 0.0415 e. The summed E-state index contributed by atoms with van der Waals surface area (Å²) in [4.78, 5) is 4.29. The van der Waals surface area contributed by atoms with Gasteiger partial charge in [0.1, 0.15) is 0 Å². The first-order chi connectivity index (χ1) is 8.81. The Morgan fingerprint density at radius 3 is 2.83 bits per heavy atom. The van der Waals surface area contributed by atoms with Crippen LogP contribution in [0.2, 0.25) is 0 Å². The van der Waals surface area contributed by atoms with E-state index in [2.05, 4.69) is 40.7 Å². The quantitative estimate of drug-likeness (QED) is 0.873. The minimum absolute atomic E-state index is 0. The van der Waals surface area contributed by atoms with Crippen molar-refractivity contribution in [3.8, 4) is 0 Å². The van der Waals surface area contributed by atoms with Gasteiger partial charge in [-0.1, -0.05) is 32.1 Å². The lowest BCUT2D eigenvalue weighted by molar-refractivity contribution is 0.801. The highest BCUT2D eigenvalue weighted by Crippen LogP contribution is 2.43. The summed E-state index contributed by atoms with van der Waals surface area (Å²) in [6.07, 6.45) is 10.2. The Labute approximate surface area is 111 Å². The van der Waals surface area contributed by atoms with E-state index in [9.17, 15) is 0 Å². The zero-order chi connectivity index (χ0) is 13.0. The molecule has 3 rings (SSSR count). The lowest BCUT2D eigenvalue weighted by Crippen LogP contribution is -2.13. The van der Waals surface area contributed by atoms with Crippen molar-refractivity contribution in [2.45, 2.75) is 33.7 Å². The summed E-state index contributed by atoms with van der Waals surface area (Å²) >= 11 is 0. The van der Waals surface area contributed by atoms with E-state index in [0.29, 0.717) is 0 Å². The molecule has 0 amide bonds. The number of aryl methyl sites for hydroxylation is 1. The molecular formula is C16H24N2. The van der Waals surface area contributed by atoms with Gasteiger partial charge < -0.3 is 5.32 Å². The molecule has 1 aromatic heterocycles. The molecule has 0 aromatic carbocycles. The Bertz CT molecular complexity index is 448. The van der Waals surface area contributed by atoms with Crippen LogP contribution in [-0.2, 0) is 6.54 Å². The van der Waals surface area contributed by atoms with Crippen molar-refractivity contribution in [3.63, 3.8) is 0 Å². The van der Waals surface area contributed by atoms with E-state index < -0.39 is 0 Å². The van der Waals surface area contributed by atoms with E-state index in [1.807, 2.05) is 27.0 Å². The highest BCUT2D eigenvalue weighted by atomic mass is 14.9. The molecule has 98 valence electrons. The summed E-state index contributed by atoms with van der Waals surface area (Å²) in [5, 5.41) is 3.45. The van der Waals surface area contributed by atoms with Crippen LogP contribution in [0.25, 0.3) is 0 Å². The van der Waals surface area contributed by atoms with Crippen LogP contribution in [0.4, 0.5) is 0 Å². The maximum atomic E-state index is 4.29. The molecule has 1 aromatic rings. The van der Waals surface area contributed by atoms with E-state index in [4.69, 9.17) is 0 Å². The summed E-state index contributed by atoms with van der Waals surface area (Å²) < 4.78 is 0. The third-order valence-electron chi connectivity index (χ3n) is 3.28. The van der Waals surface area contributed by atoms with Crippen molar-refractivity contribution in [2.75, 3.05) is 0 Å². The Kier molecular flexibility index (Phi) is 4.19. The van der Waals surface area contributed by atoms with E-state index >= 15 is 0 Å². The molecule has 1 saturated carbocycles. The van der Waals surface area contributed by atoms with Crippen molar-refractivity contribution in [2.24, 2.45) is 11.8 Å². The maximum absolute atomic E-state index is 4.29. The van der Waals surface area contributed by atoms with Crippen LogP contribution >= 0.6 is 0 Å². The number of nitrogens with zero attached hydrogens (tertiary/aromatic N) is 1. The minimum Gasteiger partial charge on any atom is -0.381 e. The monoisotopic (exact) mass is 244 g/mol.